The number of aliphatic hydroxyl groups excluding tert-OH is 1. The van der Waals surface area contributed by atoms with E-state index in [0.717, 1.165) is 52.0 Å². The Labute approximate surface area is 97.3 Å². The lowest BCUT2D eigenvalue weighted by atomic mass is 9.89. The van der Waals surface area contributed by atoms with Gasteiger partial charge in [-0.05, 0) is 32.7 Å². The summed E-state index contributed by atoms with van der Waals surface area (Å²) in [5.74, 6) is 0. The fourth-order valence-electron chi connectivity index (χ4n) is 2.56. The zero-order valence-electron chi connectivity index (χ0n) is 10.1. The SMILES string of the molecule is CC(O)CCNC1CCOC2(CCOC2)C1. The highest BCUT2D eigenvalue weighted by atomic mass is 16.6. The Hall–Kier alpha value is -0.160. The maximum atomic E-state index is 9.20. The molecule has 2 heterocycles. The van der Waals surface area contributed by atoms with E-state index in [4.69, 9.17) is 9.47 Å². The average Bonchev–Trinajstić information content (AvgIpc) is 2.66. The predicted octanol–water partition coefficient (Wildman–Crippen LogP) is 0.685. The van der Waals surface area contributed by atoms with E-state index in [2.05, 4.69) is 5.32 Å². The van der Waals surface area contributed by atoms with Crippen LogP contribution in [0.2, 0.25) is 0 Å². The third-order valence-electron chi connectivity index (χ3n) is 3.56. The minimum atomic E-state index is -0.212. The van der Waals surface area contributed by atoms with Gasteiger partial charge in [0, 0.05) is 25.7 Å². The second kappa shape index (κ2) is 5.45. The molecule has 0 radical (unpaired) electrons. The second-order valence-electron chi connectivity index (χ2n) is 5.12. The lowest BCUT2D eigenvalue weighted by Crippen LogP contribution is -2.47. The van der Waals surface area contributed by atoms with E-state index in [1.807, 2.05) is 6.92 Å². The van der Waals surface area contributed by atoms with Crippen LogP contribution in [0.5, 0.6) is 0 Å². The van der Waals surface area contributed by atoms with E-state index in [0.29, 0.717) is 6.04 Å². The third kappa shape index (κ3) is 3.17. The highest BCUT2D eigenvalue weighted by molar-refractivity contribution is 4.92. The van der Waals surface area contributed by atoms with Gasteiger partial charge in [-0.25, -0.2) is 0 Å². The molecule has 3 atom stereocenters. The molecule has 0 bridgehead atoms. The number of rotatable bonds is 4. The van der Waals surface area contributed by atoms with Crippen molar-refractivity contribution in [2.75, 3.05) is 26.4 Å². The molecule has 0 aromatic carbocycles. The van der Waals surface area contributed by atoms with Crippen LogP contribution in [0, 0.1) is 0 Å². The first-order valence-corrected chi connectivity index (χ1v) is 6.33. The van der Waals surface area contributed by atoms with E-state index in [1.165, 1.54) is 0 Å². The number of ether oxygens (including phenoxy) is 2. The van der Waals surface area contributed by atoms with Crippen LogP contribution in [-0.2, 0) is 9.47 Å². The van der Waals surface area contributed by atoms with Crippen molar-refractivity contribution in [1.29, 1.82) is 0 Å². The van der Waals surface area contributed by atoms with Crippen molar-refractivity contribution in [3.05, 3.63) is 0 Å². The Balaban J connectivity index is 1.74. The standard InChI is InChI=1S/C12H23NO3/c1-10(14)2-5-13-11-3-6-16-12(8-11)4-7-15-9-12/h10-11,13-14H,2-9H2,1H3. The van der Waals surface area contributed by atoms with Gasteiger partial charge in [0.1, 0.15) is 0 Å². The number of hydrogen-bond donors (Lipinski definition) is 2. The third-order valence-corrected chi connectivity index (χ3v) is 3.56. The monoisotopic (exact) mass is 229 g/mol. The zero-order chi connectivity index (χ0) is 11.4. The van der Waals surface area contributed by atoms with Gasteiger partial charge in [0.25, 0.3) is 0 Å². The number of nitrogens with one attached hydrogen (secondary N) is 1. The minimum Gasteiger partial charge on any atom is -0.393 e. The van der Waals surface area contributed by atoms with Crippen LogP contribution in [0.15, 0.2) is 0 Å². The highest BCUT2D eigenvalue weighted by Gasteiger charge is 2.40. The molecule has 2 N–H and O–H groups in total. The van der Waals surface area contributed by atoms with Gasteiger partial charge in [-0.15, -0.1) is 0 Å². The molecule has 0 amide bonds. The predicted molar refractivity (Wildman–Crippen MR) is 61.4 cm³/mol. The van der Waals surface area contributed by atoms with Gasteiger partial charge in [0.2, 0.25) is 0 Å². The van der Waals surface area contributed by atoms with E-state index in [9.17, 15) is 5.11 Å². The maximum Gasteiger partial charge on any atom is 0.0951 e. The van der Waals surface area contributed by atoms with Crippen molar-refractivity contribution in [2.24, 2.45) is 0 Å². The molecule has 2 aliphatic heterocycles. The van der Waals surface area contributed by atoms with Crippen LogP contribution >= 0.6 is 0 Å². The van der Waals surface area contributed by atoms with Crippen molar-refractivity contribution in [1.82, 2.24) is 5.32 Å². The minimum absolute atomic E-state index is 0.0131. The summed E-state index contributed by atoms with van der Waals surface area (Å²) in [7, 11) is 0. The molecule has 2 fully saturated rings. The molecule has 2 saturated heterocycles. The maximum absolute atomic E-state index is 9.20. The lowest BCUT2D eigenvalue weighted by molar-refractivity contribution is -0.0893. The van der Waals surface area contributed by atoms with Gasteiger partial charge in [0.15, 0.2) is 0 Å². The van der Waals surface area contributed by atoms with E-state index < -0.39 is 0 Å². The van der Waals surface area contributed by atoms with Gasteiger partial charge in [0.05, 0.1) is 18.3 Å². The molecule has 4 nitrogen and oxygen atoms in total. The summed E-state index contributed by atoms with van der Waals surface area (Å²) in [5, 5.41) is 12.7. The summed E-state index contributed by atoms with van der Waals surface area (Å²) in [6.45, 7) is 5.13. The Morgan fingerprint density at radius 3 is 3.06 bits per heavy atom. The molecule has 94 valence electrons. The number of hydrogen-bond acceptors (Lipinski definition) is 4. The van der Waals surface area contributed by atoms with Gasteiger partial charge < -0.3 is 19.9 Å². The van der Waals surface area contributed by atoms with Crippen LogP contribution < -0.4 is 5.32 Å². The van der Waals surface area contributed by atoms with E-state index in [-0.39, 0.29) is 11.7 Å². The van der Waals surface area contributed by atoms with Crippen molar-refractivity contribution < 1.29 is 14.6 Å². The molecule has 0 saturated carbocycles. The summed E-state index contributed by atoms with van der Waals surface area (Å²) >= 11 is 0. The van der Waals surface area contributed by atoms with Crippen molar-refractivity contribution >= 4 is 0 Å². The smallest absolute Gasteiger partial charge is 0.0951 e. The van der Waals surface area contributed by atoms with Crippen molar-refractivity contribution in [2.45, 2.75) is 50.4 Å². The Kier molecular flexibility index (Phi) is 4.19. The van der Waals surface area contributed by atoms with Gasteiger partial charge >= 0.3 is 0 Å². The fraction of sp³-hybridized carbons (Fsp3) is 1.00. The van der Waals surface area contributed by atoms with Crippen LogP contribution in [0.4, 0.5) is 0 Å². The summed E-state index contributed by atoms with van der Waals surface area (Å²) in [4.78, 5) is 0. The van der Waals surface area contributed by atoms with Gasteiger partial charge in [-0.2, -0.15) is 0 Å². The molecule has 16 heavy (non-hydrogen) atoms. The first-order chi connectivity index (χ1) is 7.70. The molecule has 0 aromatic heterocycles. The van der Waals surface area contributed by atoms with Crippen LogP contribution in [0.1, 0.15) is 32.6 Å². The fourth-order valence-corrected chi connectivity index (χ4v) is 2.56. The number of aliphatic hydroxyl groups is 1. The summed E-state index contributed by atoms with van der Waals surface area (Å²) in [6.07, 6.45) is 3.76. The first-order valence-electron chi connectivity index (χ1n) is 6.33. The summed E-state index contributed by atoms with van der Waals surface area (Å²) in [5.41, 5.74) is -0.0131. The summed E-state index contributed by atoms with van der Waals surface area (Å²) < 4.78 is 11.3. The van der Waals surface area contributed by atoms with Crippen molar-refractivity contribution in [3.8, 4) is 0 Å². The second-order valence-corrected chi connectivity index (χ2v) is 5.12. The average molecular weight is 229 g/mol. The molecule has 3 unspecified atom stereocenters. The highest BCUT2D eigenvalue weighted by Crippen LogP contribution is 2.32. The largest absolute Gasteiger partial charge is 0.393 e. The Morgan fingerprint density at radius 1 is 1.50 bits per heavy atom. The summed E-state index contributed by atoms with van der Waals surface area (Å²) in [6, 6.07) is 0.522. The molecule has 4 heteroatoms. The quantitative estimate of drug-likeness (QED) is 0.744. The van der Waals surface area contributed by atoms with Crippen LogP contribution in [-0.4, -0.2) is 49.2 Å². The van der Waals surface area contributed by atoms with Crippen LogP contribution in [0.3, 0.4) is 0 Å². The van der Waals surface area contributed by atoms with Gasteiger partial charge in [-0.3, -0.25) is 0 Å². The van der Waals surface area contributed by atoms with E-state index in [1.54, 1.807) is 0 Å². The molecule has 2 aliphatic rings. The Bertz CT molecular complexity index is 214. The molecule has 1 spiro atoms. The van der Waals surface area contributed by atoms with Crippen LogP contribution in [0.25, 0.3) is 0 Å². The molecule has 0 aromatic rings. The first kappa shape index (κ1) is 12.3. The zero-order valence-corrected chi connectivity index (χ0v) is 10.1. The lowest BCUT2D eigenvalue weighted by Gasteiger charge is -2.37. The molecular weight excluding hydrogens is 206 g/mol. The van der Waals surface area contributed by atoms with Crippen molar-refractivity contribution in [3.63, 3.8) is 0 Å². The Morgan fingerprint density at radius 2 is 2.38 bits per heavy atom. The van der Waals surface area contributed by atoms with Gasteiger partial charge in [-0.1, -0.05) is 0 Å². The topological polar surface area (TPSA) is 50.7 Å². The van der Waals surface area contributed by atoms with E-state index >= 15 is 0 Å². The molecule has 0 aliphatic carbocycles. The molecular formula is C12H23NO3. The normalized spacial score (nSPS) is 36.8. The molecule has 2 rings (SSSR count).